The highest BCUT2D eigenvalue weighted by Crippen LogP contribution is 2.19. The molecular formula is C14H15N3O. The van der Waals surface area contributed by atoms with E-state index >= 15 is 0 Å². The Morgan fingerprint density at radius 2 is 2.06 bits per heavy atom. The van der Waals surface area contributed by atoms with Gasteiger partial charge in [-0.2, -0.15) is 5.10 Å². The lowest BCUT2D eigenvalue weighted by molar-refractivity contribution is 0.102. The van der Waals surface area contributed by atoms with Crippen LogP contribution in [0.2, 0.25) is 0 Å². The fourth-order valence-corrected chi connectivity index (χ4v) is 2.33. The van der Waals surface area contributed by atoms with Gasteiger partial charge < -0.3 is 5.32 Å². The summed E-state index contributed by atoms with van der Waals surface area (Å²) in [5.74, 6) is -0.0654. The van der Waals surface area contributed by atoms with Crippen molar-refractivity contribution >= 4 is 11.6 Å². The number of carbonyl (C=O) groups excluding carboxylic acids is 1. The van der Waals surface area contributed by atoms with Crippen LogP contribution in [0.5, 0.6) is 0 Å². The lowest BCUT2D eigenvalue weighted by Crippen LogP contribution is -2.17. The summed E-state index contributed by atoms with van der Waals surface area (Å²) in [5.41, 5.74) is 2.59. The number of hydrogen-bond donors (Lipinski definition) is 1. The Hall–Kier alpha value is -2.10. The molecule has 4 nitrogen and oxygen atoms in total. The molecule has 1 aliphatic rings. The van der Waals surface area contributed by atoms with E-state index in [1.54, 1.807) is 6.20 Å². The maximum Gasteiger partial charge on any atom is 0.259 e. The molecule has 4 heteroatoms. The van der Waals surface area contributed by atoms with Crippen molar-refractivity contribution in [1.82, 2.24) is 9.78 Å². The van der Waals surface area contributed by atoms with Crippen LogP contribution in [0.15, 0.2) is 36.5 Å². The Labute approximate surface area is 106 Å². The summed E-state index contributed by atoms with van der Waals surface area (Å²) in [7, 11) is 0. The highest BCUT2D eigenvalue weighted by atomic mass is 16.1. The minimum atomic E-state index is -0.0654. The monoisotopic (exact) mass is 241 g/mol. The SMILES string of the molecule is O=C(Nc1ccccc1)c1cnn2c1CCCC2. The first-order chi connectivity index (χ1) is 8.84. The number of aromatic nitrogens is 2. The number of nitrogens with zero attached hydrogens (tertiary/aromatic N) is 2. The molecule has 1 N–H and O–H groups in total. The van der Waals surface area contributed by atoms with E-state index in [0.29, 0.717) is 5.56 Å². The lowest BCUT2D eigenvalue weighted by atomic mass is 10.1. The molecule has 0 atom stereocenters. The maximum absolute atomic E-state index is 12.2. The normalized spacial score (nSPS) is 14.0. The molecule has 0 radical (unpaired) electrons. The van der Waals surface area contributed by atoms with Crippen LogP contribution in [0.25, 0.3) is 0 Å². The van der Waals surface area contributed by atoms with E-state index in [2.05, 4.69) is 10.4 Å². The molecule has 0 bridgehead atoms. The number of nitrogens with one attached hydrogen (secondary N) is 1. The fourth-order valence-electron chi connectivity index (χ4n) is 2.33. The summed E-state index contributed by atoms with van der Waals surface area (Å²) < 4.78 is 1.95. The zero-order valence-corrected chi connectivity index (χ0v) is 10.1. The Morgan fingerprint density at radius 3 is 2.89 bits per heavy atom. The summed E-state index contributed by atoms with van der Waals surface area (Å²) >= 11 is 0. The van der Waals surface area contributed by atoms with Crippen molar-refractivity contribution in [3.05, 3.63) is 47.8 Å². The standard InChI is InChI=1S/C14H15N3O/c18-14(16-11-6-2-1-3-7-11)12-10-15-17-9-5-4-8-13(12)17/h1-3,6-7,10H,4-5,8-9H2,(H,16,18). The molecule has 1 aliphatic heterocycles. The summed E-state index contributed by atoms with van der Waals surface area (Å²) in [6, 6.07) is 9.51. The van der Waals surface area contributed by atoms with E-state index in [1.165, 1.54) is 0 Å². The number of benzene rings is 1. The van der Waals surface area contributed by atoms with Crippen molar-refractivity contribution in [2.24, 2.45) is 0 Å². The molecule has 0 spiro atoms. The van der Waals surface area contributed by atoms with Crippen molar-refractivity contribution < 1.29 is 4.79 Å². The van der Waals surface area contributed by atoms with Crippen LogP contribution in [-0.2, 0) is 13.0 Å². The van der Waals surface area contributed by atoms with Crippen LogP contribution in [0.1, 0.15) is 28.9 Å². The number of carbonyl (C=O) groups is 1. The molecule has 0 fully saturated rings. The van der Waals surface area contributed by atoms with Crippen LogP contribution >= 0.6 is 0 Å². The van der Waals surface area contributed by atoms with Crippen LogP contribution < -0.4 is 5.32 Å². The predicted octanol–water partition coefficient (Wildman–Crippen LogP) is 2.47. The van der Waals surface area contributed by atoms with E-state index in [4.69, 9.17) is 0 Å². The highest BCUT2D eigenvalue weighted by molar-refractivity contribution is 6.04. The van der Waals surface area contributed by atoms with Crippen LogP contribution in [-0.4, -0.2) is 15.7 Å². The van der Waals surface area contributed by atoms with Gasteiger partial charge in [-0.15, -0.1) is 0 Å². The number of hydrogen-bond acceptors (Lipinski definition) is 2. The molecule has 3 rings (SSSR count). The van der Waals surface area contributed by atoms with E-state index in [0.717, 1.165) is 37.2 Å². The summed E-state index contributed by atoms with van der Waals surface area (Å²) in [4.78, 5) is 12.2. The van der Waals surface area contributed by atoms with Gasteiger partial charge in [0, 0.05) is 12.2 Å². The Bertz CT molecular complexity index is 560. The predicted molar refractivity (Wildman–Crippen MR) is 69.6 cm³/mol. The first kappa shape index (κ1) is 11.0. The topological polar surface area (TPSA) is 46.9 Å². The first-order valence-corrected chi connectivity index (χ1v) is 6.26. The average Bonchev–Trinajstić information content (AvgIpc) is 2.84. The second kappa shape index (κ2) is 4.64. The first-order valence-electron chi connectivity index (χ1n) is 6.26. The van der Waals surface area contributed by atoms with Crippen molar-refractivity contribution in [1.29, 1.82) is 0 Å². The number of aryl methyl sites for hydroxylation is 1. The summed E-state index contributed by atoms with van der Waals surface area (Å²) in [5, 5.41) is 7.18. The molecule has 0 unspecified atom stereocenters. The minimum absolute atomic E-state index is 0.0654. The third-order valence-electron chi connectivity index (χ3n) is 3.26. The van der Waals surface area contributed by atoms with Crippen molar-refractivity contribution in [3.8, 4) is 0 Å². The van der Waals surface area contributed by atoms with E-state index in [1.807, 2.05) is 35.0 Å². The number of fused-ring (bicyclic) bond motifs is 1. The summed E-state index contributed by atoms with van der Waals surface area (Å²) in [6.07, 6.45) is 4.90. The molecule has 92 valence electrons. The molecule has 0 aliphatic carbocycles. The third-order valence-corrected chi connectivity index (χ3v) is 3.26. The molecular weight excluding hydrogens is 226 g/mol. The largest absolute Gasteiger partial charge is 0.322 e. The Kier molecular flexibility index (Phi) is 2.84. The van der Waals surface area contributed by atoms with Gasteiger partial charge in [0.1, 0.15) is 0 Å². The molecule has 18 heavy (non-hydrogen) atoms. The van der Waals surface area contributed by atoms with E-state index in [9.17, 15) is 4.79 Å². The number of anilines is 1. The Morgan fingerprint density at radius 1 is 1.22 bits per heavy atom. The van der Waals surface area contributed by atoms with Crippen LogP contribution in [0, 0.1) is 0 Å². The van der Waals surface area contributed by atoms with Gasteiger partial charge in [-0.3, -0.25) is 9.48 Å². The number of rotatable bonds is 2. The summed E-state index contributed by atoms with van der Waals surface area (Å²) in [6.45, 7) is 0.925. The smallest absolute Gasteiger partial charge is 0.259 e. The highest BCUT2D eigenvalue weighted by Gasteiger charge is 2.19. The van der Waals surface area contributed by atoms with Crippen molar-refractivity contribution in [2.75, 3.05) is 5.32 Å². The third kappa shape index (κ3) is 2.01. The van der Waals surface area contributed by atoms with Gasteiger partial charge in [0.15, 0.2) is 0 Å². The van der Waals surface area contributed by atoms with Gasteiger partial charge in [0.2, 0.25) is 0 Å². The van der Waals surface area contributed by atoms with Crippen molar-refractivity contribution in [2.45, 2.75) is 25.8 Å². The zero-order valence-electron chi connectivity index (χ0n) is 10.1. The van der Waals surface area contributed by atoms with Gasteiger partial charge in [-0.1, -0.05) is 18.2 Å². The molecule has 1 aromatic heterocycles. The Balaban J connectivity index is 1.83. The second-order valence-electron chi connectivity index (χ2n) is 4.51. The maximum atomic E-state index is 12.2. The molecule has 2 aromatic rings. The number of para-hydroxylation sites is 1. The molecule has 0 saturated carbocycles. The van der Waals surface area contributed by atoms with Gasteiger partial charge in [-0.25, -0.2) is 0 Å². The van der Waals surface area contributed by atoms with Gasteiger partial charge in [0.05, 0.1) is 17.5 Å². The van der Waals surface area contributed by atoms with E-state index in [-0.39, 0.29) is 5.91 Å². The zero-order chi connectivity index (χ0) is 12.4. The van der Waals surface area contributed by atoms with Gasteiger partial charge >= 0.3 is 0 Å². The molecule has 2 heterocycles. The average molecular weight is 241 g/mol. The van der Waals surface area contributed by atoms with E-state index < -0.39 is 0 Å². The number of amides is 1. The van der Waals surface area contributed by atoms with Crippen molar-refractivity contribution in [3.63, 3.8) is 0 Å². The lowest BCUT2D eigenvalue weighted by Gasteiger charge is -2.14. The van der Waals surface area contributed by atoms with Crippen LogP contribution in [0.3, 0.4) is 0 Å². The van der Waals surface area contributed by atoms with Crippen LogP contribution in [0.4, 0.5) is 5.69 Å². The molecule has 1 aromatic carbocycles. The van der Waals surface area contributed by atoms with Gasteiger partial charge in [0.25, 0.3) is 5.91 Å². The second-order valence-corrected chi connectivity index (χ2v) is 4.51. The minimum Gasteiger partial charge on any atom is -0.322 e. The molecule has 0 saturated heterocycles. The quantitative estimate of drug-likeness (QED) is 0.878. The fraction of sp³-hybridized carbons (Fsp3) is 0.286. The van der Waals surface area contributed by atoms with Gasteiger partial charge in [-0.05, 0) is 31.4 Å². The molecule has 1 amide bonds.